The fraction of sp³-hybridized carbons (Fsp3) is 0.133. The van der Waals surface area contributed by atoms with Crippen LogP contribution in [-0.2, 0) is 6.42 Å². The molecule has 1 aliphatic carbocycles. The van der Waals surface area contributed by atoms with Crippen LogP contribution in [0.15, 0.2) is 40.5 Å². The van der Waals surface area contributed by atoms with Crippen LogP contribution < -0.4 is 5.56 Å². The van der Waals surface area contributed by atoms with E-state index in [0.29, 0.717) is 17.8 Å². The molecule has 0 aromatic carbocycles. The lowest BCUT2D eigenvalue weighted by molar-refractivity contribution is 0.876. The molecule has 0 amide bonds. The van der Waals surface area contributed by atoms with Crippen molar-refractivity contribution in [1.82, 2.24) is 19.6 Å². The van der Waals surface area contributed by atoms with Crippen molar-refractivity contribution in [3.63, 3.8) is 0 Å². The fourth-order valence-electron chi connectivity index (χ4n) is 2.37. The Morgan fingerprint density at radius 3 is 2.90 bits per heavy atom. The molecule has 5 nitrogen and oxygen atoms in total. The monoisotopic (exact) mass is 296 g/mol. The molecule has 104 valence electrons. The highest BCUT2D eigenvalue weighted by atomic mass is 32.1. The zero-order valence-corrected chi connectivity index (χ0v) is 12.1. The first-order chi connectivity index (χ1) is 10.3. The third kappa shape index (κ3) is 1.80. The van der Waals surface area contributed by atoms with Gasteiger partial charge in [0, 0.05) is 5.57 Å². The Balaban J connectivity index is 2.04. The summed E-state index contributed by atoms with van der Waals surface area (Å²) >= 11 is 1.54. The minimum atomic E-state index is -0.145. The van der Waals surface area contributed by atoms with E-state index in [9.17, 15) is 4.79 Å². The predicted octanol–water partition coefficient (Wildman–Crippen LogP) is 2.66. The molecule has 0 bridgehead atoms. The zero-order valence-electron chi connectivity index (χ0n) is 11.3. The molecule has 3 heterocycles. The lowest BCUT2D eigenvalue weighted by atomic mass is 10.1. The highest BCUT2D eigenvalue weighted by molar-refractivity contribution is 7.13. The molecule has 6 heteroatoms. The maximum absolute atomic E-state index is 12.4. The summed E-state index contributed by atoms with van der Waals surface area (Å²) < 4.78 is 1.67. The molecule has 0 unspecified atom stereocenters. The van der Waals surface area contributed by atoms with Crippen LogP contribution in [0, 0.1) is 0 Å². The van der Waals surface area contributed by atoms with Crippen LogP contribution in [0.1, 0.15) is 18.4 Å². The minimum Gasteiger partial charge on any atom is -0.303 e. The molecular weight excluding hydrogens is 284 g/mol. The first-order valence-corrected chi connectivity index (χ1v) is 7.60. The quantitative estimate of drug-likeness (QED) is 0.808. The van der Waals surface area contributed by atoms with Crippen molar-refractivity contribution in [3.8, 4) is 10.7 Å². The number of thiophene rings is 1. The van der Waals surface area contributed by atoms with Crippen molar-refractivity contribution in [1.29, 1.82) is 0 Å². The Bertz CT molecular complexity index is 944. The topological polar surface area (TPSA) is 63.1 Å². The van der Waals surface area contributed by atoms with Crippen molar-refractivity contribution < 1.29 is 0 Å². The van der Waals surface area contributed by atoms with Crippen LogP contribution >= 0.6 is 11.3 Å². The Morgan fingerprint density at radius 2 is 2.29 bits per heavy atom. The van der Waals surface area contributed by atoms with Gasteiger partial charge in [-0.15, -0.1) is 16.4 Å². The lowest BCUT2D eigenvalue weighted by Gasteiger charge is -2.06. The summed E-state index contributed by atoms with van der Waals surface area (Å²) in [5.74, 6) is 1.31. The van der Waals surface area contributed by atoms with Crippen LogP contribution in [0.25, 0.3) is 21.8 Å². The molecule has 0 spiro atoms. The summed E-state index contributed by atoms with van der Waals surface area (Å²) in [6, 6.07) is 3.88. The molecule has 4 rings (SSSR count). The summed E-state index contributed by atoms with van der Waals surface area (Å²) in [6.45, 7) is 1.99. The van der Waals surface area contributed by atoms with E-state index in [2.05, 4.69) is 15.1 Å². The number of fused-ring (bicyclic) bond motifs is 1. The van der Waals surface area contributed by atoms with Crippen molar-refractivity contribution >= 4 is 22.4 Å². The van der Waals surface area contributed by atoms with E-state index in [0.717, 1.165) is 22.0 Å². The molecule has 1 aliphatic rings. The fourth-order valence-corrected chi connectivity index (χ4v) is 3.04. The molecule has 0 atom stereocenters. The van der Waals surface area contributed by atoms with Crippen LogP contribution in [0.5, 0.6) is 0 Å². The number of H-pyrrole nitrogens is 1. The van der Waals surface area contributed by atoms with Crippen molar-refractivity contribution in [2.24, 2.45) is 0 Å². The van der Waals surface area contributed by atoms with Gasteiger partial charge in [0.15, 0.2) is 17.2 Å². The third-order valence-corrected chi connectivity index (χ3v) is 4.35. The second kappa shape index (κ2) is 4.53. The van der Waals surface area contributed by atoms with Gasteiger partial charge in [-0.2, -0.15) is 0 Å². The van der Waals surface area contributed by atoms with Gasteiger partial charge in [0.05, 0.1) is 10.6 Å². The molecule has 1 N–H and O–H groups in total. The molecule has 0 aliphatic heterocycles. The van der Waals surface area contributed by atoms with Crippen LogP contribution in [0.4, 0.5) is 0 Å². The predicted molar refractivity (Wildman–Crippen MR) is 83.4 cm³/mol. The Labute approximate surface area is 124 Å². The van der Waals surface area contributed by atoms with Gasteiger partial charge in [-0.05, 0) is 17.9 Å². The Kier molecular flexibility index (Phi) is 2.65. The van der Waals surface area contributed by atoms with Crippen molar-refractivity contribution in [2.45, 2.75) is 13.3 Å². The number of aromatic amines is 1. The zero-order chi connectivity index (χ0) is 14.4. The number of hydrogen-bond acceptors (Lipinski definition) is 4. The van der Waals surface area contributed by atoms with Gasteiger partial charge in [0.2, 0.25) is 0 Å². The standard InChI is InChI=1S/C15H12N4OS/c1-2-10-12-15(20)17-13(11-7-4-8-21-11)18-19(12)14(16-10)9-5-3-6-9/h3-8H,2H2,1H3,(H,17,18,20). The van der Waals surface area contributed by atoms with Gasteiger partial charge in [-0.1, -0.05) is 31.2 Å². The van der Waals surface area contributed by atoms with Gasteiger partial charge in [-0.3, -0.25) is 4.79 Å². The average molecular weight is 296 g/mol. The number of hydrogen-bond donors (Lipinski definition) is 1. The maximum atomic E-state index is 12.4. The number of nitrogens with zero attached hydrogens (tertiary/aromatic N) is 3. The summed E-state index contributed by atoms with van der Waals surface area (Å²) in [5.41, 5.74) is 2.17. The van der Waals surface area contributed by atoms with Crippen molar-refractivity contribution in [3.05, 3.63) is 57.6 Å². The van der Waals surface area contributed by atoms with E-state index in [1.807, 2.05) is 42.7 Å². The molecule has 0 saturated carbocycles. The average Bonchev–Trinajstić information content (AvgIpc) is 3.05. The number of imidazole rings is 1. The molecule has 3 aromatic rings. The van der Waals surface area contributed by atoms with Gasteiger partial charge >= 0.3 is 0 Å². The van der Waals surface area contributed by atoms with Gasteiger partial charge in [-0.25, -0.2) is 9.50 Å². The summed E-state index contributed by atoms with van der Waals surface area (Å²) in [6.07, 6.45) is 6.60. The second-order valence-electron chi connectivity index (χ2n) is 4.76. The number of aryl methyl sites for hydroxylation is 1. The summed E-state index contributed by atoms with van der Waals surface area (Å²) in [7, 11) is 0. The highest BCUT2D eigenvalue weighted by Crippen LogP contribution is 2.25. The lowest BCUT2D eigenvalue weighted by Crippen LogP contribution is -2.15. The maximum Gasteiger partial charge on any atom is 0.277 e. The van der Waals surface area contributed by atoms with E-state index >= 15 is 0 Å². The number of allylic oxidation sites excluding steroid dienone is 4. The van der Waals surface area contributed by atoms with Crippen LogP contribution in [0.3, 0.4) is 0 Å². The van der Waals surface area contributed by atoms with Crippen molar-refractivity contribution in [2.75, 3.05) is 0 Å². The minimum absolute atomic E-state index is 0.145. The Morgan fingerprint density at radius 1 is 1.43 bits per heavy atom. The van der Waals surface area contributed by atoms with E-state index in [-0.39, 0.29) is 5.56 Å². The van der Waals surface area contributed by atoms with E-state index in [4.69, 9.17) is 0 Å². The molecule has 0 fully saturated rings. The van der Waals surface area contributed by atoms with Crippen LogP contribution in [-0.4, -0.2) is 19.6 Å². The SMILES string of the molecule is CCc1nc(C2=CC=C2)n2nc(-c3cccs3)[nH]c(=O)c12. The first-order valence-electron chi connectivity index (χ1n) is 6.72. The first kappa shape index (κ1) is 12.3. The normalized spacial score (nSPS) is 13.5. The largest absolute Gasteiger partial charge is 0.303 e. The van der Waals surface area contributed by atoms with Gasteiger partial charge in [0.1, 0.15) is 0 Å². The third-order valence-electron chi connectivity index (χ3n) is 3.47. The molecular formula is C15H12N4OS. The van der Waals surface area contributed by atoms with Gasteiger partial charge in [0.25, 0.3) is 5.56 Å². The van der Waals surface area contributed by atoms with Crippen LogP contribution in [0.2, 0.25) is 0 Å². The number of nitrogens with one attached hydrogen (secondary N) is 1. The van der Waals surface area contributed by atoms with Gasteiger partial charge < -0.3 is 4.98 Å². The molecule has 0 radical (unpaired) electrons. The smallest absolute Gasteiger partial charge is 0.277 e. The van der Waals surface area contributed by atoms with E-state index in [1.54, 1.807) is 15.9 Å². The molecule has 0 saturated heterocycles. The molecule has 21 heavy (non-hydrogen) atoms. The number of rotatable bonds is 3. The summed E-state index contributed by atoms with van der Waals surface area (Å²) in [4.78, 5) is 20.8. The van der Waals surface area contributed by atoms with E-state index < -0.39 is 0 Å². The Hall–Kier alpha value is -2.47. The molecule has 3 aromatic heterocycles. The highest BCUT2D eigenvalue weighted by Gasteiger charge is 2.19. The summed E-state index contributed by atoms with van der Waals surface area (Å²) in [5, 5.41) is 6.55. The number of aromatic nitrogens is 4. The second-order valence-corrected chi connectivity index (χ2v) is 5.70. The van der Waals surface area contributed by atoms with E-state index in [1.165, 1.54) is 0 Å².